The SMILES string of the molecule is CCC(C(=O)NC)N(Cc1cccc(OC)c1)C(=O)CN(c1ccc(Cl)cc1Cl)S(=O)(=O)c1ccccc1. The average molecular weight is 579 g/mol. The summed E-state index contributed by atoms with van der Waals surface area (Å²) in [7, 11) is -1.21. The Morgan fingerprint density at radius 1 is 1.00 bits per heavy atom. The Bertz CT molecular complexity index is 1390. The maximum Gasteiger partial charge on any atom is 0.264 e. The molecule has 0 heterocycles. The molecule has 0 saturated heterocycles. The summed E-state index contributed by atoms with van der Waals surface area (Å²) in [5, 5.41) is 2.96. The number of halogens is 2. The minimum atomic E-state index is -4.22. The van der Waals surface area contributed by atoms with Gasteiger partial charge in [-0.2, -0.15) is 0 Å². The smallest absolute Gasteiger partial charge is 0.264 e. The highest BCUT2D eigenvalue weighted by atomic mass is 35.5. The minimum Gasteiger partial charge on any atom is -0.497 e. The summed E-state index contributed by atoms with van der Waals surface area (Å²) in [5.74, 6) is -0.372. The van der Waals surface area contributed by atoms with Crippen LogP contribution in [0.5, 0.6) is 5.75 Å². The van der Waals surface area contributed by atoms with Gasteiger partial charge in [-0.25, -0.2) is 8.42 Å². The van der Waals surface area contributed by atoms with Crippen molar-refractivity contribution in [1.82, 2.24) is 10.2 Å². The molecule has 0 fully saturated rings. The van der Waals surface area contributed by atoms with Crippen LogP contribution in [0.1, 0.15) is 18.9 Å². The van der Waals surface area contributed by atoms with Crippen LogP contribution >= 0.6 is 23.2 Å². The van der Waals surface area contributed by atoms with Crippen LogP contribution in [0.15, 0.2) is 77.7 Å². The second-order valence-corrected chi connectivity index (χ2v) is 11.0. The van der Waals surface area contributed by atoms with Crippen LogP contribution in [0.2, 0.25) is 10.0 Å². The van der Waals surface area contributed by atoms with Gasteiger partial charge in [0, 0.05) is 18.6 Å². The van der Waals surface area contributed by atoms with Crippen molar-refractivity contribution in [3.63, 3.8) is 0 Å². The summed E-state index contributed by atoms with van der Waals surface area (Å²) in [6, 6.07) is 18.3. The molecule has 0 aliphatic rings. The first-order valence-corrected chi connectivity index (χ1v) is 14.0. The Morgan fingerprint density at radius 2 is 1.71 bits per heavy atom. The highest BCUT2D eigenvalue weighted by Crippen LogP contribution is 2.33. The Hall–Kier alpha value is -3.27. The van der Waals surface area contributed by atoms with Gasteiger partial charge in [0.15, 0.2) is 0 Å². The Morgan fingerprint density at radius 3 is 2.32 bits per heavy atom. The zero-order valence-electron chi connectivity index (χ0n) is 21.2. The summed E-state index contributed by atoms with van der Waals surface area (Å²) >= 11 is 12.5. The largest absolute Gasteiger partial charge is 0.497 e. The lowest BCUT2D eigenvalue weighted by molar-refractivity contribution is -0.140. The standard InChI is InChI=1S/C27H29Cl2N3O5S/c1-4-24(27(34)30-2)31(17-19-9-8-10-21(15-19)37-3)26(33)18-32(25-14-13-20(28)16-23(25)29)38(35,36)22-11-6-5-7-12-22/h5-16,24H,4,17-18H2,1-3H3,(H,30,34). The molecule has 1 atom stereocenters. The number of nitrogens with zero attached hydrogens (tertiary/aromatic N) is 2. The molecular formula is C27H29Cl2N3O5S. The highest BCUT2D eigenvalue weighted by Gasteiger charge is 2.34. The van der Waals surface area contributed by atoms with Gasteiger partial charge in [0.05, 0.1) is 22.7 Å². The van der Waals surface area contributed by atoms with Crippen LogP contribution in [0, 0.1) is 0 Å². The van der Waals surface area contributed by atoms with E-state index in [-0.39, 0.29) is 28.1 Å². The van der Waals surface area contributed by atoms with Gasteiger partial charge in [0.25, 0.3) is 10.0 Å². The molecule has 0 aromatic heterocycles. The average Bonchev–Trinajstić information content (AvgIpc) is 2.92. The van der Waals surface area contributed by atoms with Crippen molar-refractivity contribution < 1.29 is 22.7 Å². The van der Waals surface area contributed by atoms with Gasteiger partial charge in [-0.1, -0.05) is 60.5 Å². The Kier molecular flexibility index (Phi) is 10.0. The third-order valence-electron chi connectivity index (χ3n) is 5.91. The molecule has 3 aromatic carbocycles. The Balaban J connectivity index is 2.09. The van der Waals surface area contributed by atoms with E-state index in [1.807, 2.05) is 0 Å². The number of hydrogen-bond donors (Lipinski definition) is 1. The van der Waals surface area contributed by atoms with Crippen LogP contribution in [0.4, 0.5) is 5.69 Å². The summed E-state index contributed by atoms with van der Waals surface area (Å²) in [6.45, 7) is 1.23. The van der Waals surface area contributed by atoms with Crippen molar-refractivity contribution >= 4 is 50.7 Å². The normalized spacial score (nSPS) is 11.9. The van der Waals surface area contributed by atoms with Gasteiger partial charge in [-0.05, 0) is 54.4 Å². The van der Waals surface area contributed by atoms with E-state index in [1.54, 1.807) is 49.4 Å². The van der Waals surface area contributed by atoms with E-state index in [2.05, 4.69) is 5.32 Å². The van der Waals surface area contributed by atoms with Crippen LogP contribution < -0.4 is 14.4 Å². The van der Waals surface area contributed by atoms with Gasteiger partial charge in [-0.3, -0.25) is 13.9 Å². The minimum absolute atomic E-state index is 0.0171. The summed E-state index contributed by atoms with van der Waals surface area (Å²) in [4.78, 5) is 28.0. The predicted molar refractivity (Wildman–Crippen MR) is 149 cm³/mol. The maximum atomic E-state index is 13.9. The number of methoxy groups -OCH3 is 1. The van der Waals surface area contributed by atoms with Crippen molar-refractivity contribution in [3.05, 3.63) is 88.4 Å². The van der Waals surface area contributed by atoms with E-state index in [0.29, 0.717) is 22.8 Å². The number of amides is 2. The molecule has 0 spiro atoms. The first-order chi connectivity index (χ1) is 18.1. The molecule has 38 heavy (non-hydrogen) atoms. The molecule has 11 heteroatoms. The molecule has 0 bridgehead atoms. The molecule has 202 valence electrons. The van der Waals surface area contributed by atoms with Gasteiger partial charge >= 0.3 is 0 Å². The van der Waals surface area contributed by atoms with Crippen LogP contribution in [-0.4, -0.2) is 51.9 Å². The number of anilines is 1. The molecule has 2 amide bonds. The fourth-order valence-electron chi connectivity index (χ4n) is 3.97. The summed E-state index contributed by atoms with van der Waals surface area (Å²) in [5.41, 5.74) is 0.796. The van der Waals surface area contributed by atoms with E-state index in [4.69, 9.17) is 27.9 Å². The van der Waals surface area contributed by atoms with E-state index >= 15 is 0 Å². The zero-order chi connectivity index (χ0) is 27.9. The summed E-state index contributed by atoms with van der Waals surface area (Å²) < 4.78 is 33.8. The number of benzene rings is 3. The van der Waals surface area contributed by atoms with E-state index < -0.39 is 28.5 Å². The number of likely N-dealkylation sites (N-methyl/N-ethyl adjacent to an activating group) is 1. The maximum absolute atomic E-state index is 13.9. The lowest BCUT2D eigenvalue weighted by atomic mass is 10.1. The van der Waals surface area contributed by atoms with E-state index in [0.717, 1.165) is 4.31 Å². The second kappa shape index (κ2) is 13.0. The molecule has 8 nitrogen and oxygen atoms in total. The molecule has 0 aliphatic heterocycles. The predicted octanol–water partition coefficient (Wildman–Crippen LogP) is 4.75. The first kappa shape index (κ1) is 29.3. The zero-order valence-corrected chi connectivity index (χ0v) is 23.6. The van der Waals surface area contributed by atoms with Gasteiger partial charge in [0.1, 0.15) is 18.3 Å². The number of carbonyl (C=O) groups is 2. The van der Waals surface area contributed by atoms with Crippen LogP contribution in [-0.2, 0) is 26.2 Å². The molecule has 3 rings (SSSR count). The monoisotopic (exact) mass is 577 g/mol. The third-order valence-corrected chi connectivity index (χ3v) is 8.22. The van der Waals surface area contributed by atoms with Crippen LogP contribution in [0.25, 0.3) is 0 Å². The number of nitrogens with one attached hydrogen (secondary N) is 1. The van der Waals surface area contributed by atoms with E-state index in [9.17, 15) is 18.0 Å². The summed E-state index contributed by atoms with van der Waals surface area (Å²) in [6.07, 6.45) is 0.308. The molecule has 0 aliphatic carbocycles. The van der Waals surface area contributed by atoms with Crippen LogP contribution in [0.3, 0.4) is 0 Å². The lowest BCUT2D eigenvalue weighted by Gasteiger charge is -2.33. The van der Waals surface area contributed by atoms with Gasteiger partial charge in [-0.15, -0.1) is 0 Å². The number of sulfonamides is 1. The number of carbonyl (C=O) groups excluding carboxylic acids is 2. The van der Waals surface area contributed by atoms with Gasteiger partial charge in [0.2, 0.25) is 11.8 Å². The molecular weight excluding hydrogens is 549 g/mol. The number of rotatable bonds is 11. The second-order valence-electron chi connectivity index (χ2n) is 8.33. The molecule has 3 aromatic rings. The fraction of sp³-hybridized carbons (Fsp3) is 0.259. The molecule has 0 radical (unpaired) electrons. The van der Waals surface area contributed by atoms with Crippen molar-refractivity contribution in [1.29, 1.82) is 0 Å². The number of hydrogen-bond acceptors (Lipinski definition) is 5. The molecule has 0 saturated carbocycles. The van der Waals surface area contributed by atoms with Crippen molar-refractivity contribution in [2.45, 2.75) is 30.8 Å². The van der Waals surface area contributed by atoms with Crippen molar-refractivity contribution in [3.8, 4) is 5.75 Å². The first-order valence-electron chi connectivity index (χ1n) is 11.8. The molecule has 1 N–H and O–H groups in total. The number of ether oxygens (including phenoxy) is 1. The fourth-order valence-corrected chi connectivity index (χ4v) is 5.98. The Labute approximate surface area is 233 Å². The van der Waals surface area contributed by atoms with Crippen molar-refractivity contribution in [2.24, 2.45) is 0 Å². The van der Waals surface area contributed by atoms with Gasteiger partial charge < -0.3 is 15.0 Å². The lowest BCUT2D eigenvalue weighted by Crippen LogP contribution is -2.51. The third kappa shape index (κ3) is 6.78. The highest BCUT2D eigenvalue weighted by molar-refractivity contribution is 7.92. The van der Waals surface area contributed by atoms with Crippen molar-refractivity contribution in [2.75, 3.05) is 25.0 Å². The topological polar surface area (TPSA) is 96.0 Å². The van der Waals surface area contributed by atoms with E-state index in [1.165, 1.54) is 49.4 Å². The quantitative estimate of drug-likeness (QED) is 0.354. The molecule has 1 unspecified atom stereocenters.